The molecule has 2 heterocycles. The number of ether oxygens (including phenoxy) is 1. The third kappa shape index (κ3) is 4.28. The Labute approximate surface area is 173 Å². The van der Waals surface area contributed by atoms with Crippen molar-refractivity contribution in [3.05, 3.63) is 82.7 Å². The standard InChI is InChI=1S/C23H24O5S/c24-13-18-20(25)21(26)22(27)23(28-18)16-8-4-5-14(11-16)12-17-9-10-19(29-17)15-6-2-1-3-7-15/h1-11,18,20-27H,12-13H2/t18-,20-,21+,22-,23+/m1/s1. The van der Waals surface area contributed by atoms with E-state index in [1.807, 2.05) is 42.5 Å². The fourth-order valence-corrected chi connectivity index (χ4v) is 4.74. The molecule has 5 nitrogen and oxygen atoms in total. The van der Waals surface area contributed by atoms with Gasteiger partial charge in [-0.2, -0.15) is 0 Å². The Bertz CT molecular complexity index is 939. The number of aliphatic hydroxyl groups is 4. The lowest BCUT2D eigenvalue weighted by molar-refractivity contribution is -0.231. The molecule has 0 radical (unpaired) electrons. The molecule has 152 valence electrons. The highest BCUT2D eigenvalue weighted by Gasteiger charge is 2.43. The first-order valence-electron chi connectivity index (χ1n) is 9.60. The molecule has 0 bridgehead atoms. The van der Waals surface area contributed by atoms with E-state index in [1.54, 1.807) is 11.3 Å². The Morgan fingerprint density at radius 2 is 1.62 bits per heavy atom. The SMILES string of the molecule is OC[C@H]1O[C@@H](c2cccc(Cc3ccc(-c4ccccc4)s3)c2)[C@H](O)[C@@H](O)[C@@H]1O. The number of hydrogen-bond donors (Lipinski definition) is 4. The van der Waals surface area contributed by atoms with E-state index in [4.69, 9.17) is 4.74 Å². The topological polar surface area (TPSA) is 90.2 Å². The Kier molecular flexibility index (Phi) is 6.10. The summed E-state index contributed by atoms with van der Waals surface area (Å²) in [5, 5.41) is 39.8. The van der Waals surface area contributed by atoms with Crippen LogP contribution in [-0.4, -0.2) is 51.4 Å². The minimum Gasteiger partial charge on any atom is -0.394 e. The molecule has 5 atom stereocenters. The van der Waals surface area contributed by atoms with Gasteiger partial charge in [-0.25, -0.2) is 0 Å². The maximum atomic E-state index is 10.4. The summed E-state index contributed by atoms with van der Waals surface area (Å²) in [6.45, 7) is -0.432. The van der Waals surface area contributed by atoms with Gasteiger partial charge in [0.05, 0.1) is 6.61 Å². The fourth-order valence-electron chi connectivity index (χ4n) is 3.69. The van der Waals surface area contributed by atoms with Crippen LogP contribution < -0.4 is 0 Å². The molecule has 0 unspecified atom stereocenters. The summed E-state index contributed by atoms with van der Waals surface area (Å²) in [7, 11) is 0. The van der Waals surface area contributed by atoms with E-state index in [-0.39, 0.29) is 0 Å². The van der Waals surface area contributed by atoms with Crippen molar-refractivity contribution in [2.24, 2.45) is 0 Å². The highest BCUT2D eigenvalue weighted by Crippen LogP contribution is 2.34. The summed E-state index contributed by atoms with van der Waals surface area (Å²) in [6.07, 6.45) is -4.98. The van der Waals surface area contributed by atoms with Gasteiger partial charge in [0, 0.05) is 16.2 Å². The summed E-state index contributed by atoms with van der Waals surface area (Å²) in [5.41, 5.74) is 2.96. The highest BCUT2D eigenvalue weighted by molar-refractivity contribution is 7.15. The van der Waals surface area contributed by atoms with Gasteiger partial charge in [-0.3, -0.25) is 0 Å². The normalized spacial score (nSPS) is 27.1. The van der Waals surface area contributed by atoms with Gasteiger partial charge in [0.1, 0.15) is 30.5 Å². The largest absolute Gasteiger partial charge is 0.394 e. The molecule has 1 fully saturated rings. The van der Waals surface area contributed by atoms with Gasteiger partial charge in [0.2, 0.25) is 0 Å². The second-order valence-electron chi connectivity index (χ2n) is 7.30. The predicted octanol–water partition coefficient (Wildman–Crippen LogP) is 2.52. The summed E-state index contributed by atoms with van der Waals surface area (Å²) >= 11 is 1.74. The van der Waals surface area contributed by atoms with E-state index in [0.29, 0.717) is 5.56 Å². The van der Waals surface area contributed by atoms with E-state index in [0.717, 1.165) is 12.0 Å². The maximum Gasteiger partial charge on any atom is 0.113 e. The van der Waals surface area contributed by atoms with Crippen LogP contribution in [0.15, 0.2) is 66.7 Å². The first-order chi connectivity index (χ1) is 14.1. The van der Waals surface area contributed by atoms with Gasteiger partial charge in [0.25, 0.3) is 0 Å². The number of benzene rings is 2. The van der Waals surface area contributed by atoms with E-state index in [1.165, 1.54) is 15.3 Å². The van der Waals surface area contributed by atoms with Crippen LogP contribution in [0.3, 0.4) is 0 Å². The van der Waals surface area contributed by atoms with E-state index >= 15 is 0 Å². The van der Waals surface area contributed by atoms with Crippen LogP contribution in [0.4, 0.5) is 0 Å². The fraction of sp³-hybridized carbons (Fsp3) is 0.304. The van der Waals surface area contributed by atoms with E-state index < -0.39 is 37.1 Å². The first kappa shape index (κ1) is 20.2. The minimum absolute atomic E-state index is 0.432. The molecule has 29 heavy (non-hydrogen) atoms. The lowest BCUT2D eigenvalue weighted by Crippen LogP contribution is -2.55. The van der Waals surface area contributed by atoms with Crippen molar-refractivity contribution in [3.8, 4) is 10.4 Å². The second kappa shape index (κ2) is 8.75. The molecule has 0 amide bonds. The van der Waals surface area contributed by atoms with Gasteiger partial charge in [-0.15, -0.1) is 11.3 Å². The molecule has 2 aromatic carbocycles. The molecule has 6 heteroatoms. The Hall–Kier alpha value is -2.06. The van der Waals surface area contributed by atoms with Crippen molar-refractivity contribution in [3.63, 3.8) is 0 Å². The van der Waals surface area contributed by atoms with Crippen molar-refractivity contribution in [1.82, 2.24) is 0 Å². The molecule has 3 aromatic rings. The van der Waals surface area contributed by atoms with Gasteiger partial charge >= 0.3 is 0 Å². The molecule has 1 aliphatic heterocycles. The molecular formula is C23H24O5S. The van der Waals surface area contributed by atoms with E-state index in [2.05, 4.69) is 24.3 Å². The Balaban J connectivity index is 1.53. The van der Waals surface area contributed by atoms with Crippen molar-refractivity contribution in [2.75, 3.05) is 6.61 Å². The quantitative estimate of drug-likeness (QED) is 0.517. The molecular weight excluding hydrogens is 388 g/mol. The highest BCUT2D eigenvalue weighted by atomic mass is 32.1. The smallest absolute Gasteiger partial charge is 0.113 e. The average molecular weight is 413 g/mol. The zero-order chi connectivity index (χ0) is 20.4. The van der Waals surface area contributed by atoms with Crippen molar-refractivity contribution in [2.45, 2.75) is 36.9 Å². The minimum atomic E-state index is -1.37. The lowest BCUT2D eigenvalue weighted by Gasteiger charge is -2.40. The molecule has 0 saturated carbocycles. The molecule has 0 aliphatic carbocycles. The molecule has 1 aliphatic rings. The average Bonchev–Trinajstić information content (AvgIpc) is 3.22. The first-order valence-corrected chi connectivity index (χ1v) is 10.4. The van der Waals surface area contributed by atoms with Gasteiger partial charge in [0.15, 0.2) is 0 Å². The van der Waals surface area contributed by atoms with Crippen LogP contribution in [0.25, 0.3) is 10.4 Å². The Morgan fingerprint density at radius 3 is 2.38 bits per heavy atom. The summed E-state index contributed by atoms with van der Waals surface area (Å²) in [5.74, 6) is 0. The van der Waals surface area contributed by atoms with Crippen LogP contribution in [0.1, 0.15) is 22.1 Å². The monoisotopic (exact) mass is 412 g/mol. The van der Waals surface area contributed by atoms with E-state index in [9.17, 15) is 20.4 Å². The zero-order valence-electron chi connectivity index (χ0n) is 15.8. The third-order valence-corrected chi connectivity index (χ3v) is 6.40. The molecule has 1 saturated heterocycles. The Morgan fingerprint density at radius 1 is 0.828 bits per heavy atom. The molecule has 1 aromatic heterocycles. The van der Waals surface area contributed by atoms with Crippen LogP contribution in [0.5, 0.6) is 0 Å². The van der Waals surface area contributed by atoms with Gasteiger partial charge in [-0.05, 0) is 28.8 Å². The molecule has 0 spiro atoms. The lowest BCUT2D eigenvalue weighted by atomic mass is 9.90. The number of rotatable bonds is 5. The second-order valence-corrected chi connectivity index (χ2v) is 8.47. The van der Waals surface area contributed by atoms with Crippen molar-refractivity contribution < 1.29 is 25.2 Å². The molecule has 4 rings (SSSR count). The van der Waals surface area contributed by atoms with Crippen LogP contribution in [0, 0.1) is 0 Å². The van der Waals surface area contributed by atoms with Gasteiger partial charge in [-0.1, -0.05) is 54.6 Å². The number of thiophene rings is 1. The van der Waals surface area contributed by atoms with Gasteiger partial charge < -0.3 is 25.2 Å². The summed E-state index contributed by atoms with van der Waals surface area (Å²) in [4.78, 5) is 2.43. The van der Waals surface area contributed by atoms with Crippen molar-refractivity contribution >= 4 is 11.3 Å². The maximum absolute atomic E-state index is 10.4. The number of aliphatic hydroxyl groups excluding tert-OH is 4. The summed E-state index contributed by atoms with van der Waals surface area (Å²) < 4.78 is 5.68. The van der Waals surface area contributed by atoms with Crippen LogP contribution in [-0.2, 0) is 11.2 Å². The van der Waals surface area contributed by atoms with Crippen LogP contribution in [0.2, 0.25) is 0 Å². The number of hydrogen-bond acceptors (Lipinski definition) is 6. The predicted molar refractivity (Wildman–Crippen MR) is 112 cm³/mol. The van der Waals surface area contributed by atoms with Crippen molar-refractivity contribution in [1.29, 1.82) is 0 Å². The summed E-state index contributed by atoms with van der Waals surface area (Å²) in [6, 6.07) is 22.1. The molecule has 4 N–H and O–H groups in total. The third-order valence-electron chi connectivity index (χ3n) is 5.27. The van der Waals surface area contributed by atoms with Crippen LogP contribution >= 0.6 is 11.3 Å². The zero-order valence-corrected chi connectivity index (χ0v) is 16.6.